The number of rotatable bonds is 5. The number of hydrogen-bond donors (Lipinski definition) is 1. The van der Waals surface area contributed by atoms with Crippen molar-refractivity contribution >= 4 is 5.82 Å². The Morgan fingerprint density at radius 3 is 2.67 bits per heavy atom. The minimum Gasteiger partial charge on any atom is -0.382 e. The fraction of sp³-hybridized carbons (Fsp3) is 0.727. The van der Waals surface area contributed by atoms with Crippen molar-refractivity contribution in [1.82, 2.24) is 9.78 Å². The lowest BCUT2D eigenvalue weighted by Gasteiger charge is -2.17. The van der Waals surface area contributed by atoms with Crippen molar-refractivity contribution in [3.05, 3.63) is 12.3 Å². The molecule has 0 aliphatic heterocycles. The Balaban J connectivity index is 2.07. The Hall–Kier alpha value is -1.03. The maximum Gasteiger partial charge on any atom is 0.145 e. The summed E-state index contributed by atoms with van der Waals surface area (Å²) in [6.45, 7) is 8.90. The fourth-order valence-electron chi connectivity index (χ4n) is 1.14. The topological polar surface area (TPSA) is 53.1 Å². The van der Waals surface area contributed by atoms with E-state index < -0.39 is 0 Å². The molecule has 15 heavy (non-hydrogen) atoms. The van der Waals surface area contributed by atoms with E-state index in [1.165, 1.54) is 0 Å². The van der Waals surface area contributed by atoms with Crippen LogP contribution in [0.5, 0.6) is 0 Å². The van der Waals surface area contributed by atoms with Crippen LogP contribution in [0.2, 0.25) is 0 Å². The first-order valence-electron chi connectivity index (χ1n) is 5.34. The van der Waals surface area contributed by atoms with Crippen molar-refractivity contribution in [2.24, 2.45) is 5.41 Å². The number of nitrogens with two attached hydrogens (primary N) is 1. The normalized spacial score (nSPS) is 11.9. The molecule has 0 aliphatic rings. The first-order valence-corrected chi connectivity index (χ1v) is 5.34. The molecule has 0 aliphatic carbocycles. The molecular weight excluding hydrogens is 190 g/mol. The minimum absolute atomic E-state index is 0.343. The lowest BCUT2D eigenvalue weighted by molar-refractivity contribution is 0.1000. The Bertz CT molecular complexity index is 288. The van der Waals surface area contributed by atoms with E-state index in [1.807, 2.05) is 6.20 Å². The van der Waals surface area contributed by atoms with Crippen molar-refractivity contribution in [2.45, 2.75) is 33.7 Å². The molecule has 0 aromatic carbocycles. The fourth-order valence-corrected chi connectivity index (χ4v) is 1.14. The largest absolute Gasteiger partial charge is 0.382 e. The van der Waals surface area contributed by atoms with Gasteiger partial charge in [0.1, 0.15) is 5.82 Å². The number of nitrogen functional groups attached to an aromatic ring is 1. The van der Waals surface area contributed by atoms with Gasteiger partial charge in [0.25, 0.3) is 0 Å². The van der Waals surface area contributed by atoms with Crippen molar-refractivity contribution < 1.29 is 4.74 Å². The van der Waals surface area contributed by atoms with Gasteiger partial charge in [-0.25, -0.2) is 0 Å². The highest BCUT2D eigenvalue weighted by Gasteiger charge is 2.08. The number of nitrogens with zero attached hydrogens (tertiary/aromatic N) is 2. The van der Waals surface area contributed by atoms with E-state index in [2.05, 4.69) is 25.9 Å². The van der Waals surface area contributed by atoms with Gasteiger partial charge < -0.3 is 10.5 Å². The van der Waals surface area contributed by atoms with E-state index in [0.717, 1.165) is 19.6 Å². The molecule has 0 bridgehead atoms. The molecule has 0 radical (unpaired) electrons. The molecule has 2 N–H and O–H groups in total. The summed E-state index contributed by atoms with van der Waals surface area (Å²) < 4.78 is 7.32. The number of hydrogen-bond acceptors (Lipinski definition) is 3. The highest BCUT2D eigenvalue weighted by molar-refractivity contribution is 5.23. The van der Waals surface area contributed by atoms with E-state index in [1.54, 1.807) is 10.7 Å². The zero-order chi connectivity index (χ0) is 11.3. The summed E-state index contributed by atoms with van der Waals surface area (Å²) in [7, 11) is 0. The maximum atomic E-state index is 5.52. The summed E-state index contributed by atoms with van der Waals surface area (Å²) in [5.41, 5.74) is 5.84. The van der Waals surface area contributed by atoms with Crippen LogP contribution in [-0.4, -0.2) is 23.0 Å². The molecule has 0 fully saturated rings. The molecule has 1 aromatic heterocycles. The van der Waals surface area contributed by atoms with E-state index in [9.17, 15) is 0 Å². The van der Waals surface area contributed by atoms with Crippen LogP contribution in [-0.2, 0) is 11.3 Å². The third-order valence-corrected chi connectivity index (χ3v) is 2.12. The van der Waals surface area contributed by atoms with Crippen LogP contribution < -0.4 is 5.73 Å². The number of aromatic nitrogens is 2. The zero-order valence-electron chi connectivity index (χ0n) is 9.86. The van der Waals surface area contributed by atoms with Crippen LogP contribution in [0.4, 0.5) is 5.82 Å². The van der Waals surface area contributed by atoms with Gasteiger partial charge in [-0.1, -0.05) is 20.8 Å². The van der Waals surface area contributed by atoms with Gasteiger partial charge in [-0.2, -0.15) is 5.10 Å². The summed E-state index contributed by atoms with van der Waals surface area (Å²) in [6.07, 6.45) is 2.94. The number of ether oxygens (including phenoxy) is 1. The van der Waals surface area contributed by atoms with Gasteiger partial charge in [-0.3, -0.25) is 4.68 Å². The molecule has 0 atom stereocenters. The third-order valence-electron chi connectivity index (χ3n) is 2.12. The van der Waals surface area contributed by atoms with E-state index >= 15 is 0 Å². The average molecular weight is 211 g/mol. The monoisotopic (exact) mass is 211 g/mol. The van der Waals surface area contributed by atoms with Crippen molar-refractivity contribution in [1.29, 1.82) is 0 Å². The molecule has 4 heteroatoms. The van der Waals surface area contributed by atoms with Gasteiger partial charge in [0, 0.05) is 12.8 Å². The standard InChI is InChI=1S/C11H21N3O/c1-11(2,3)5-8-15-9-7-14-6-4-10(12)13-14/h4,6H,5,7-9H2,1-3H3,(H2,12,13). The van der Waals surface area contributed by atoms with Gasteiger partial charge in [-0.15, -0.1) is 0 Å². The predicted octanol–water partition coefficient (Wildman–Crippen LogP) is 1.92. The number of anilines is 1. The molecule has 1 aromatic rings. The summed E-state index contributed by atoms with van der Waals surface area (Å²) in [4.78, 5) is 0. The second-order valence-corrected chi connectivity index (χ2v) is 4.93. The van der Waals surface area contributed by atoms with Crippen molar-refractivity contribution in [2.75, 3.05) is 18.9 Å². The second kappa shape index (κ2) is 5.16. The molecule has 0 spiro atoms. The average Bonchev–Trinajstić information content (AvgIpc) is 2.49. The van der Waals surface area contributed by atoms with Crippen molar-refractivity contribution in [3.63, 3.8) is 0 Å². The zero-order valence-corrected chi connectivity index (χ0v) is 9.86. The summed E-state index contributed by atoms with van der Waals surface area (Å²) >= 11 is 0. The summed E-state index contributed by atoms with van der Waals surface area (Å²) in [6, 6.07) is 1.79. The molecule has 4 nitrogen and oxygen atoms in total. The molecule has 0 saturated carbocycles. The maximum absolute atomic E-state index is 5.52. The Labute approximate surface area is 91.4 Å². The van der Waals surface area contributed by atoms with Crippen LogP contribution in [0.25, 0.3) is 0 Å². The highest BCUT2D eigenvalue weighted by Crippen LogP contribution is 2.17. The molecule has 1 heterocycles. The van der Waals surface area contributed by atoms with Gasteiger partial charge >= 0.3 is 0 Å². The summed E-state index contributed by atoms with van der Waals surface area (Å²) in [5.74, 6) is 0.560. The van der Waals surface area contributed by atoms with E-state index in [-0.39, 0.29) is 0 Å². The molecule has 0 unspecified atom stereocenters. The van der Waals surface area contributed by atoms with Gasteiger partial charge in [0.2, 0.25) is 0 Å². The highest BCUT2D eigenvalue weighted by atomic mass is 16.5. The van der Waals surface area contributed by atoms with Crippen LogP contribution in [0.15, 0.2) is 12.3 Å². The molecule has 0 amide bonds. The smallest absolute Gasteiger partial charge is 0.145 e. The Morgan fingerprint density at radius 1 is 1.40 bits per heavy atom. The lowest BCUT2D eigenvalue weighted by atomic mass is 9.93. The van der Waals surface area contributed by atoms with E-state index in [4.69, 9.17) is 10.5 Å². The van der Waals surface area contributed by atoms with Crippen LogP contribution >= 0.6 is 0 Å². The first kappa shape index (κ1) is 12.0. The van der Waals surface area contributed by atoms with Crippen LogP contribution in [0.3, 0.4) is 0 Å². The predicted molar refractivity (Wildman–Crippen MR) is 61.5 cm³/mol. The third kappa shape index (κ3) is 5.42. The van der Waals surface area contributed by atoms with Gasteiger partial charge in [0.15, 0.2) is 0 Å². The Kier molecular flexibility index (Phi) is 4.15. The van der Waals surface area contributed by atoms with Crippen molar-refractivity contribution in [3.8, 4) is 0 Å². The van der Waals surface area contributed by atoms with E-state index in [0.29, 0.717) is 17.8 Å². The van der Waals surface area contributed by atoms with Crippen LogP contribution in [0, 0.1) is 5.41 Å². The molecular formula is C11H21N3O. The first-order chi connectivity index (χ1) is 6.97. The SMILES string of the molecule is CC(C)(C)CCOCCn1ccc(N)n1. The Morgan fingerprint density at radius 2 is 2.13 bits per heavy atom. The minimum atomic E-state index is 0.343. The van der Waals surface area contributed by atoms with Gasteiger partial charge in [0.05, 0.1) is 13.2 Å². The quantitative estimate of drug-likeness (QED) is 0.757. The van der Waals surface area contributed by atoms with Gasteiger partial charge in [-0.05, 0) is 17.9 Å². The second-order valence-electron chi connectivity index (χ2n) is 4.93. The molecule has 86 valence electrons. The molecule has 0 saturated heterocycles. The molecule has 1 rings (SSSR count). The summed E-state index contributed by atoms with van der Waals surface area (Å²) in [5, 5.41) is 4.07. The lowest BCUT2D eigenvalue weighted by Crippen LogP contribution is -2.12. The van der Waals surface area contributed by atoms with Crippen LogP contribution in [0.1, 0.15) is 27.2 Å².